The van der Waals surface area contributed by atoms with Crippen LogP contribution in [0.1, 0.15) is 47.3 Å². The van der Waals surface area contributed by atoms with Crippen LogP contribution >= 0.6 is 0 Å². The molecule has 1 aromatic carbocycles. The van der Waals surface area contributed by atoms with Crippen LogP contribution in [0.4, 0.5) is 15.0 Å². The van der Waals surface area contributed by atoms with Gasteiger partial charge in [0.1, 0.15) is 23.7 Å². The summed E-state index contributed by atoms with van der Waals surface area (Å²) in [4.78, 5) is 33.9. The molecule has 2 aliphatic heterocycles. The molecule has 3 aromatic rings. The molecule has 36 heavy (non-hydrogen) atoms. The van der Waals surface area contributed by atoms with Crippen molar-refractivity contribution in [1.82, 2.24) is 29.5 Å². The first-order valence-electron chi connectivity index (χ1n) is 12.1. The van der Waals surface area contributed by atoms with E-state index in [1.165, 1.54) is 18.5 Å². The van der Waals surface area contributed by atoms with Gasteiger partial charge in [-0.1, -0.05) is 6.07 Å². The van der Waals surface area contributed by atoms with Crippen molar-refractivity contribution in [2.24, 2.45) is 0 Å². The minimum Gasteiger partial charge on any atom is -0.394 e. The standard InChI is InChI=1S/C25H28FN7O3/c1-16(14-34)33-15-27-30-23(33)21-5-4-6-22(28-21)29-24(35)19-11-18-13-32(10-7-17(18)12-20(19)26)25(36)31-8-2-3-9-31/h4-6,11-12,15-16,34H,2-3,7-10,13-14H2,1H3,(H,28,29,35)/t16-/m1/s1. The van der Waals surface area contributed by atoms with Crippen molar-refractivity contribution in [2.45, 2.75) is 38.8 Å². The number of likely N-dealkylation sites (tertiary alicyclic amines) is 1. The number of nitrogens with zero attached hydrogens (tertiary/aromatic N) is 6. The Morgan fingerprint density at radius 2 is 1.94 bits per heavy atom. The van der Waals surface area contributed by atoms with E-state index in [9.17, 15) is 19.1 Å². The molecule has 0 bridgehead atoms. The number of anilines is 1. The van der Waals surface area contributed by atoms with Crippen molar-refractivity contribution in [3.05, 3.63) is 59.2 Å². The van der Waals surface area contributed by atoms with E-state index >= 15 is 0 Å². The van der Waals surface area contributed by atoms with Crippen LogP contribution < -0.4 is 5.32 Å². The van der Waals surface area contributed by atoms with Crippen LogP contribution in [0, 0.1) is 5.82 Å². The van der Waals surface area contributed by atoms with Crippen molar-refractivity contribution < 1.29 is 19.1 Å². The third-order valence-corrected chi connectivity index (χ3v) is 6.73. The maximum atomic E-state index is 14.9. The Kier molecular flexibility index (Phi) is 6.64. The van der Waals surface area contributed by atoms with E-state index < -0.39 is 11.7 Å². The number of rotatable bonds is 5. The monoisotopic (exact) mass is 493 g/mol. The van der Waals surface area contributed by atoms with E-state index in [-0.39, 0.29) is 30.1 Å². The lowest BCUT2D eigenvalue weighted by molar-refractivity contribution is 0.102. The van der Waals surface area contributed by atoms with Crippen molar-refractivity contribution in [2.75, 3.05) is 31.6 Å². The minimum atomic E-state index is -0.631. The highest BCUT2D eigenvalue weighted by Crippen LogP contribution is 2.26. The molecule has 1 fully saturated rings. The third kappa shape index (κ3) is 4.66. The predicted octanol–water partition coefficient (Wildman–Crippen LogP) is 2.86. The Morgan fingerprint density at radius 3 is 2.72 bits per heavy atom. The molecule has 0 radical (unpaired) electrons. The topological polar surface area (TPSA) is 116 Å². The molecule has 188 valence electrons. The second kappa shape index (κ2) is 10.0. The van der Waals surface area contributed by atoms with Gasteiger partial charge in [0.2, 0.25) is 0 Å². The number of aliphatic hydroxyl groups is 1. The minimum absolute atomic E-state index is 0.00198. The van der Waals surface area contributed by atoms with Gasteiger partial charge in [0.25, 0.3) is 5.91 Å². The van der Waals surface area contributed by atoms with Crippen molar-refractivity contribution >= 4 is 17.8 Å². The molecule has 0 aliphatic carbocycles. The number of halogens is 1. The van der Waals surface area contributed by atoms with E-state index in [0.29, 0.717) is 31.0 Å². The number of hydrogen-bond acceptors (Lipinski definition) is 6. The molecule has 0 saturated carbocycles. The number of amides is 3. The summed E-state index contributed by atoms with van der Waals surface area (Å²) in [6.07, 6.45) is 4.08. The quantitative estimate of drug-likeness (QED) is 0.565. The van der Waals surface area contributed by atoms with Gasteiger partial charge in [-0.3, -0.25) is 4.79 Å². The summed E-state index contributed by atoms with van der Waals surface area (Å²) < 4.78 is 16.6. The van der Waals surface area contributed by atoms with Crippen molar-refractivity contribution in [1.29, 1.82) is 0 Å². The van der Waals surface area contributed by atoms with Crippen LogP contribution in [0.3, 0.4) is 0 Å². The summed E-state index contributed by atoms with van der Waals surface area (Å²) in [5, 5.41) is 20.1. The SMILES string of the molecule is C[C@H](CO)n1cnnc1-c1cccc(NC(=O)c2cc3c(cc2F)CCN(C(=O)N2CCCC2)C3)n1. The number of fused-ring (bicyclic) bond motifs is 1. The zero-order valence-electron chi connectivity index (χ0n) is 20.0. The average molecular weight is 494 g/mol. The van der Waals surface area contributed by atoms with Crippen LogP contribution in [0.5, 0.6) is 0 Å². The lowest BCUT2D eigenvalue weighted by atomic mass is 9.96. The van der Waals surface area contributed by atoms with Crippen LogP contribution in [0.25, 0.3) is 11.5 Å². The Morgan fingerprint density at radius 1 is 1.14 bits per heavy atom. The fraction of sp³-hybridized carbons (Fsp3) is 0.400. The number of benzene rings is 1. The molecule has 0 unspecified atom stereocenters. The number of aromatic nitrogens is 4. The summed E-state index contributed by atoms with van der Waals surface area (Å²) in [7, 11) is 0. The highest BCUT2D eigenvalue weighted by atomic mass is 19.1. The molecular weight excluding hydrogens is 465 g/mol. The Hall–Kier alpha value is -3.86. The molecule has 10 nitrogen and oxygen atoms in total. The van der Waals surface area contributed by atoms with E-state index in [1.54, 1.807) is 27.7 Å². The van der Waals surface area contributed by atoms with Crippen LogP contribution in [0.15, 0.2) is 36.7 Å². The highest BCUT2D eigenvalue weighted by Gasteiger charge is 2.28. The number of carbonyl (C=O) groups excluding carboxylic acids is 2. The fourth-order valence-electron chi connectivity index (χ4n) is 4.67. The molecule has 1 atom stereocenters. The molecule has 3 amide bonds. The average Bonchev–Trinajstić information content (AvgIpc) is 3.60. The van der Waals surface area contributed by atoms with Gasteiger partial charge in [-0.2, -0.15) is 0 Å². The molecule has 5 rings (SSSR count). The first-order chi connectivity index (χ1) is 17.4. The van der Waals surface area contributed by atoms with Crippen LogP contribution in [0.2, 0.25) is 0 Å². The lowest BCUT2D eigenvalue weighted by Crippen LogP contribution is -2.44. The summed E-state index contributed by atoms with van der Waals surface area (Å²) in [5.74, 6) is -0.576. The normalized spacial score (nSPS) is 16.1. The first kappa shape index (κ1) is 23.9. The number of nitrogens with one attached hydrogen (secondary N) is 1. The van der Waals surface area contributed by atoms with Gasteiger partial charge in [-0.15, -0.1) is 10.2 Å². The third-order valence-electron chi connectivity index (χ3n) is 6.73. The molecule has 4 heterocycles. The summed E-state index contributed by atoms with van der Waals surface area (Å²) in [6, 6.07) is 7.69. The Bertz CT molecular complexity index is 1290. The van der Waals surface area contributed by atoms with Gasteiger partial charge in [0.05, 0.1) is 18.2 Å². The predicted molar refractivity (Wildman–Crippen MR) is 130 cm³/mol. The zero-order chi connectivity index (χ0) is 25.2. The molecule has 1 saturated heterocycles. The maximum Gasteiger partial charge on any atom is 0.320 e. The van der Waals surface area contributed by atoms with Crippen LogP contribution in [-0.4, -0.2) is 72.8 Å². The number of pyridine rings is 1. The molecule has 2 N–H and O–H groups in total. The van der Waals surface area contributed by atoms with E-state index in [2.05, 4.69) is 20.5 Å². The Labute approximate surface area is 207 Å². The van der Waals surface area contributed by atoms with Gasteiger partial charge in [-0.05, 0) is 61.6 Å². The molecule has 11 heteroatoms. The fourth-order valence-corrected chi connectivity index (χ4v) is 4.67. The summed E-state index contributed by atoms with van der Waals surface area (Å²) in [6.45, 7) is 4.12. The molecular formula is C25H28FN7O3. The van der Waals surface area contributed by atoms with E-state index in [0.717, 1.165) is 37.1 Å². The first-order valence-corrected chi connectivity index (χ1v) is 12.1. The maximum absolute atomic E-state index is 14.9. The largest absolute Gasteiger partial charge is 0.394 e. The zero-order valence-corrected chi connectivity index (χ0v) is 20.0. The lowest BCUT2D eigenvalue weighted by Gasteiger charge is -2.32. The Balaban J connectivity index is 1.34. The van der Waals surface area contributed by atoms with Crippen molar-refractivity contribution in [3.8, 4) is 11.5 Å². The number of urea groups is 1. The molecule has 2 aliphatic rings. The number of hydrogen-bond donors (Lipinski definition) is 2. The smallest absolute Gasteiger partial charge is 0.320 e. The second-order valence-electron chi connectivity index (χ2n) is 9.20. The van der Waals surface area contributed by atoms with Gasteiger partial charge in [-0.25, -0.2) is 14.2 Å². The number of aliphatic hydroxyl groups excluding tert-OH is 1. The van der Waals surface area contributed by atoms with Gasteiger partial charge in [0.15, 0.2) is 5.82 Å². The highest BCUT2D eigenvalue weighted by molar-refractivity contribution is 6.04. The summed E-state index contributed by atoms with van der Waals surface area (Å²) >= 11 is 0. The molecule has 0 spiro atoms. The summed E-state index contributed by atoms with van der Waals surface area (Å²) in [5.41, 5.74) is 1.93. The number of carbonyl (C=O) groups is 2. The van der Waals surface area contributed by atoms with Gasteiger partial charge in [0, 0.05) is 26.2 Å². The van der Waals surface area contributed by atoms with Crippen LogP contribution in [-0.2, 0) is 13.0 Å². The van der Waals surface area contributed by atoms with Crippen molar-refractivity contribution in [3.63, 3.8) is 0 Å². The van der Waals surface area contributed by atoms with E-state index in [4.69, 9.17) is 0 Å². The van der Waals surface area contributed by atoms with Gasteiger partial charge < -0.3 is 24.8 Å². The van der Waals surface area contributed by atoms with Gasteiger partial charge >= 0.3 is 6.03 Å². The second-order valence-corrected chi connectivity index (χ2v) is 9.20. The molecule has 2 aromatic heterocycles. The van der Waals surface area contributed by atoms with E-state index in [1.807, 2.05) is 11.8 Å².